The van der Waals surface area contributed by atoms with Crippen molar-refractivity contribution in [2.24, 2.45) is 0 Å². The second-order valence-corrected chi connectivity index (χ2v) is 11.3. The predicted octanol–water partition coefficient (Wildman–Crippen LogP) is 5.08. The van der Waals surface area contributed by atoms with E-state index in [0.29, 0.717) is 84.1 Å². The Balaban J connectivity index is 1.70. The third-order valence-corrected chi connectivity index (χ3v) is 7.96. The lowest BCUT2D eigenvalue weighted by Gasteiger charge is -2.35. The number of piperazine rings is 1. The van der Waals surface area contributed by atoms with Crippen LogP contribution in [0.3, 0.4) is 0 Å². The van der Waals surface area contributed by atoms with Crippen LogP contribution in [0.2, 0.25) is 10.0 Å². The topological polar surface area (TPSA) is 83.1 Å². The molecule has 40 heavy (non-hydrogen) atoms. The van der Waals surface area contributed by atoms with Crippen LogP contribution in [0.4, 0.5) is 15.9 Å². The van der Waals surface area contributed by atoms with Crippen LogP contribution in [-0.4, -0.2) is 92.3 Å². The summed E-state index contributed by atoms with van der Waals surface area (Å²) in [6, 6.07) is 3.39. The van der Waals surface area contributed by atoms with Crippen LogP contribution in [0.15, 0.2) is 29.3 Å². The van der Waals surface area contributed by atoms with E-state index in [2.05, 4.69) is 32.7 Å². The van der Waals surface area contributed by atoms with Crippen molar-refractivity contribution in [3.8, 4) is 22.9 Å². The number of nitrogens with one attached hydrogen (secondary N) is 1. The molecule has 13 heteroatoms. The lowest BCUT2D eigenvalue weighted by molar-refractivity contribution is -0.126. The van der Waals surface area contributed by atoms with Crippen LogP contribution >= 0.6 is 39.1 Å². The van der Waals surface area contributed by atoms with Gasteiger partial charge in [0.15, 0.2) is 11.6 Å². The van der Waals surface area contributed by atoms with Gasteiger partial charge in [0.25, 0.3) is 0 Å². The van der Waals surface area contributed by atoms with Gasteiger partial charge in [-0.05, 0) is 48.2 Å². The maximum atomic E-state index is 15.6. The quantitative estimate of drug-likeness (QED) is 0.291. The van der Waals surface area contributed by atoms with Gasteiger partial charge in [-0.3, -0.25) is 4.79 Å². The molecule has 2 aliphatic heterocycles. The Bertz CT molecular complexity index is 1480. The minimum Gasteiger partial charge on any atom is -0.489 e. The Morgan fingerprint density at radius 3 is 2.67 bits per heavy atom. The highest BCUT2D eigenvalue weighted by Crippen LogP contribution is 2.50. The molecule has 212 valence electrons. The largest absolute Gasteiger partial charge is 0.489 e. The minimum absolute atomic E-state index is 0.0573. The lowest BCUT2D eigenvalue weighted by Crippen LogP contribution is -2.48. The molecule has 2 aliphatic rings. The smallest absolute Gasteiger partial charge is 0.319 e. The number of anilines is 2. The number of hydrogen-bond acceptors (Lipinski definition) is 8. The van der Waals surface area contributed by atoms with E-state index in [9.17, 15) is 4.79 Å². The van der Waals surface area contributed by atoms with E-state index in [-0.39, 0.29) is 34.1 Å². The summed E-state index contributed by atoms with van der Waals surface area (Å²) in [7, 11) is 3.89. The summed E-state index contributed by atoms with van der Waals surface area (Å²) in [5.41, 5.74) is 1.49. The van der Waals surface area contributed by atoms with E-state index in [1.807, 2.05) is 19.0 Å². The molecule has 1 fully saturated rings. The normalized spacial score (nSPS) is 15.1. The molecule has 0 unspecified atom stereocenters. The van der Waals surface area contributed by atoms with E-state index in [1.54, 1.807) is 11.0 Å². The first kappa shape index (κ1) is 28.7. The number of hydrogen-bond donors (Lipinski definition) is 1. The molecule has 0 bridgehead atoms. The van der Waals surface area contributed by atoms with Gasteiger partial charge in [-0.15, -0.1) is 0 Å². The van der Waals surface area contributed by atoms with Crippen molar-refractivity contribution >= 4 is 67.4 Å². The molecule has 2 aromatic carbocycles. The fraction of sp³-hybridized carbons (Fsp3) is 0.370. The highest BCUT2D eigenvalue weighted by Gasteiger charge is 2.30. The average Bonchev–Trinajstić information content (AvgIpc) is 2.91. The van der Waals surface area contributed by atoms with Crippen LogP contribution in [0.5, 0.6) is 11.8 Å². The molecule has 5 rings (SSSR count). The van der Waals surface area contributed by atoms with Crippen LogP contribution < -0.4 is 19.7 Å². The maximum Gasteiger partial charge on any atom is 0.319 e. The van der Waals surface area contributed by atoms with E-state index in [1.165, 1.54) is 12.1 Å². The summed E-state index contributed by atoms with van der Waals surface area (Å²) in [4.78, 5) is 27.4. The molecule has 1 N–H and O–H groups in total. The Morgan fingerprint density at radius 2 is 1.98 bits per heavy atom. The van der Waals surface area contributed by atoms with Crippen molar-refractivity contribution in [2.45, 2.75) is 0 Å². The minimum atomic E-state index is -0.625. The van der Waals surface area contributed by atoms with E-state index >= 15 is 4.39 Å². The monoisotopic (exact) mass is 652 g/mol. The molecule has 0 radical (unpaired) electrons. The van der Waals surface area contributed by atoms with Crippen molar-refractivity contribution in [1.82, 2.24) is 19.8 Å². The summed E-state index contributed by atoms with van der Waals surface area (Å²) in [6.07, 6.45) is 1.32. The molecule has 0 saturated carbocycles. The van der Waals surface area contributed by atoms with Crippen LogP contribution in [0, 0.1) is 5.82 Å². The number of amides is 1. The Hall–Kier alpha value is -2.86. The molecule has 1 saturated heterocycles. The van der Waals surface area contributed by atoms with Gasteiger partial charge in [0.1, 0.15) is 24.5 Å². The zero-order valence-corrected chi connectivity index (χ0v) is 25.2. The average molecular weight is 654 g/mol. The third-order valence-electron chi connectivity index (χ3n) is 6.76. The molecular formula is C27H28BrCl2FN6O3. The SMILES string of the molecule is C=CC(=O)N1CCN(c2nc(OCCN(C)C)nc3c4c(c(Cl)cc23)-c2c(F)c(Cl)cc(Br)c2NCCO4)CC1. The number of nitrogens with zero attached hydrogens (tertiary/aromatic N) is 5. The molecule has 1 aromatic heterocycles. The highest BCUT2D eigenvalue weighted by molar-refractivity contribution is 9.10. The molecule has 0 spiro atoms. The number of benzene rings is 2. The molecule has 9 nitrogen and oxygen atoms in total. The zero-order chi connectivity index (χ0) is 28.6. The van der Waals surface area contributed by atoms with Gasteiger partial charge < -0.3 is 29.5 Å². The van der Waals surface area contributed by atoms with Crippen LogP contribution in [0.1, 0.15) is 0 Å². The fourth-order valence-corrected chi connectivity index (χ4v) is 5.96. The van der Waals surface area contributed by atoms with Gasteiger partial charge in [-0.25, -0.2) is 4.39 Å². The first-order chi connectivity index (χ1) is 19.2. The molecule has 1 amide bonds. The van der Waals surface area contributed by atoms with E-state index in [0.717, 1.165) is 0 Å². The lowest BCUT2D eigenvalue weighted by atomic mass is 9.98. The number of carbonyl (C=O) groups is 1. The predicted molar refractivity (Wildman–Crippen MR) is 160 cm³/mol. The fourth-order valence-electron chi connectivity index (χ4n) is 4.77. The van der Waals surface area contributed by atoms with Crippen LogP contribution in [0.25, 0.3) is 22.0 Å². The van der Waals surface area contributed by atoms with Crippen molar-refractivity contribution in [2.75, 3.05) is 76.8 Å². The van der Waals surface area contributed by atoms with Gasteiger partial charge in [-0.1, -0.05) is 29.8 Å². The third kappa shape index (κ3) is 5.52. The van der Waals surface area contributed by atoms with Gasteiger partial charge in [0.2, 0.25) is 5.91 Å². The molecule has 0 atom stereocenters. The first-order valence-electron chi connectivity index (χ1n) is 12.7. The Morgan fingerprint density at radius 1 is 1.23 bits per heavy atom. The van der Waals surface area contributed by atoms with Gasteiger partial charge in [-0.2, -0.15) is 9.97 Å². The summed E-state index contributed by atoms with van der Waals surface area (Å²) in [6.45, 7) is 7.35. The summed E-state index contributed by atoms with van der Waals surface area (Å²) in [5.74, 6) is 0.175. The van der Waals surface area contributed by atoms with Crippen molar-refractivity contribution in [1.29, 1.82) is 0 Å². The summed E-state index contributed by atoms with van der Waals surface area (Å²) >= 11 is 16.7. The summed E-state index contributed by atoms with van der Waals surface area (Å²) < 4.78 is 28.4. The Kier molecular flexibility index (Phi) is 8.55. The van der Waals surface area contributed by atoms with E-state index < -0.39 is 5.82 Å². The first-order valence-corrected chi connectivity index (χ1v) is 14.3. The van der Waals surface area contributed by atoms with Crippen molar-refractivity contribution in [3.63, 3.8) is 0 Å². The number of rotatable bonds is 6. The maximum absolute atomic E-state index is 15.6. The van der Waals surface area contributed by atoms with Gasteiger partial charge >= 0.3 is 6.01 Å². The number of aromatic nitrogens is 2. The Labute approximate surface area is 250 Å². The second kappa shape index (κ2) is 11.9. The number of carbonyl (C=O) groups excluding carboxylic acids is 1. The highest BCUT2D eigenvalue weighted by atomic mass is 79.9. The van der Waals surface area contributed by atoms with E-state index in [4.69, 9.17) is 42.6 Å². The number of halogens is 4. The molecule has 3 heterocycles. The second-order valence-electron chi connectivity index (χ2n) is 9.64. The number of fused-ring (bicyclic) bond motifs is 5. The molecule has 3 aromatic rings. The number of ether oxygens (including phenoxy) is 2. The zero-order valence-electron chi connectivity index (χ0n) is 22.1. The van der Waals surface area contributed by atoms with Gasteiger partial charge in [0, 0.05) is 60.3 Å². The van der Waals surface area contributed by atoms with Crippen molar-refractivity contribution in [3.05, 3.63) is 45.1 Å². The molecule has 0 aliphatic carbocycles. The number of likely N-dealkylation sites (N-methyl/N-ethyl adjacent to an activating group) is 1. The van der Waals surface area contributed by atoms with Crippen molar-refractivity contribution < 1.29 is 18.7 Å². The summed E-state index contributed by atoms with van der Waals surface area (Å²) in [5, 5.41) is 4.04. The standard InChI is InChI=1S/C27H28BrCl2FN6O3/c1-4-19(38)36-6-8-37(9-7-36)26-15-13-17(29)20-21-22(31)18(30)14-16(28)24(21)32-5-11-39-25(20)23(15)33-27(34-26)40-12-10-35(2)3/h4,13-14,32H,1,5-12H2,2-3H3. The van der Waals surface area contributed by atoms with Crippen LogP contribution in [-0.2, 0) is 4.79 Å². The molecular weight excluding hydrogens is 626 g/mol. The van der Waals surface area contributed by atoms with Gasteiger partial charge in [0.05, 0.1) is 15.7 Å².